The number of nitrogens with zero attached hydrogens (tertiary/aromatic N) is 4. The normalized spacial score (nSPS) is 12.4. The monoisotopic (exact) mass is 377 g/mol. The van der Waals surface area contributed by atoms with Gasteiger partial charge in [0.05, 0.1) is 11.1 Å². The van der Waals surface area contributed by atoms with Crippen LogP contribution in [0.25, 0.3) is 26.4 Å². The zero-order chi connectivity index (χ0) is 18.8. The van der Waals surface area contributed by atoms with Gasteiger partial charge in [-0.2, -0.15) is 17.7 Å². The summed E-state index contributed by atoms with van der Waals surface area (Å²) in [7, 11) is 1.65. The average Bonchev–Trinajstić information content (AvgIpc) is 3.10. The lowest BCUT2D eigenvalue weighted by atomic mass is 9.97. The molecule has 0 spiro atoms. The number of alkyl halides is 3. The second-order valence-electron chi connectivity index (χ2n) is 6.52. The lowest BCUT2D eigenvalue weighted by Gasteiger charge is -2.12. The first-order chi connectivity index (χ1) is 12.2. The summed E-state index contributed by atoms with van der Waals surface area (Å²) in [5, 5.41) is 7.71. The van der Waals surface area contributed by atoms with Crippen molar-refractivity contribution < 1.29 is 17.7 Å². The van der Waals surface area contributed by atoms with Gasteiger partial charge in [-0.05, 0) is 38.0 Å². The molecule has 0 aliphatic carbocycles. The molecule has 4 nitrogen and oxygen atoms in total. The maximum absolute atomic E-state index is 13.7. The van der Waals surface area contributed by atoms with Crippen LogP contribution in [0.3, 0.4) is 0 Å². The van der Waals surface area contributed by atoms with Gasteiger partial charge in [-0.15, -0.1) is 10.2 Å². The third kappa shape index (κ3) is 2.39. The maximum Gasteiger partial charge on any atom is 0.424 e. The Balaban J connectivity index is 2.21. The van der Waals surface area contributed by atoms with E-state index in [1.165, 1.54) is 22.1 Å². The first-order valence-electron chi connectivity index (χ1n) is 7.98. The Morgan fingerprint density at radius 2 is 1.88 bits per heavy atom. The van der Waals surface area contributed by atoms with Crippen molar-refractivity contribution in [2.75, 3.05) is 0 Å². The first-order valence-corrected chi connectivity index (χ1v) is 8.80. The van der Waals surface area contributed by atoms with Crippen molar-refractivity contribution >= 4 is 26.5 Å². The minimum absolute atomic E-state index is 0.106. The quantitative estimate of drug-likeness (QED) is 0.462. The van der Waals surface area contributed by atoms with Gasteiger partial charge in [-0.1, -0.05) is 23.0 Å². The molecule has 0 saturated heterocycles. The molecule has 3 heterocycles. The molecule has 0 fully saturated rings. The van der Waals surface area contributed by atoms with Crippen molar-refractivity contribution in [1.82, 2.24) is 14.6 Å². The van der Waals surface area contributed by atoms with Gasteiger partial charge in [0.15, 0.2) is 6.20 Å². The third-order valence-corrected chi connectivity index (χ3v) is 5.74. The van der Waals surface area contributed by atoms with E-state index in [0.29, 0.717) is 9.66 Å². The molecule has 0 unspecified atom stereocenters. The minimum Gasteiger partial charge on any atom is -0.271 e. The van der Waals surface area contributed by atoms with Crippen LogP contribution in [-0.4, -0.2) is 14.6 Å². The van der Waals surface area contributed by atoms with Crippen LogP contribution in [0.5, 0.6) is 0 Å². The number of hydrogen-bond acceptors (Lipinski definition) is 3. The van der Waals surface area contributed by atoms with Crippen molar-refractivity contribution in [1.29, 1.82) is 0 Å². The summed E-state index contributed by atoms with van der Waals surface area (Å²) in [6, 6.07) is 4.09. The van der Waals surface area contributed by atoms with E-state index in [-0.39, 0.29) is 5.52 Å². The largest absolute Gasteiger partial charge is 0.424 e. The van der Waals surface area contributed by atoms with Gasteiger partial charge in [0.25, 0.3) is 0 Å². The zero-order valence-corrected chi connectivity index (χ0v) is 15.5. The summed E-state index contributed by atoms with van der Waals surface area (Å²) in [4.78, 5) is 0.444. The topological polar surface area (TPSA) is 34.1 Å². The molecule has 8 heteroatoms. The van der Waals surface area contributed by atoms with Crippen molar-refractivity contribution in [2.45, 2.75) is 26.9 Å². The van der Waals surface area contributed by atoms with E-state index in [0.717, 1.165) is 34.1 Å². The highest BCUT2D eigenvalue weighted by molar-refractivity contribution is 7.24. The average molecular weight is 377 g/mol. The third-order valence-electron chi connectivity index (χ3n) is 4.68. The van der Waals surface area contributed by atoms with Gasteiger partial charge in [-0.3, -0.25) is 4.40 Å². The molecule has 4 rings (SSSR count). The van der Waals surface area contributed by atoms with E-state index in [1.807, 2.05) is 26.8 Å². The van der Waals surface area contributed by atoms with Crippen LogP contribution in [0.15, 0.2) is 24.7 Å². The van der Waals surface area contributed by atoms with Crippen molar-refractivity contribution in [3.8, 4) is 11.3 Å². The van der Waals surface area contributed by atoms with Gasteiger partial charge in [0.2, 0.25) is 10.7 Å². The Morgan fingerprint density at radius 3 is 2.58 bits per heavy atom. The molecule has 0 aliphatic rings. The molecule has 3 aromatic heterocycles. The number of fused-ring (bicyclic) bond motifs is 3. The molecule has 0 saturated carbocycles. The molecule has 1 aromatic carbocycles. The minimum atomic E-state index is -4.47. The van der Waals surface area contributed by atoms with Crippen molar-refractivity contribution in [2.24, 2.45) is 7.05 Å². The molecule has 0 aliphatic heterocycles. The van der Waals surface area contributed by atoms with E-state index in [1.54, 1.807) is 11.6 Å². The summed E-state index contributed by atoms with van der Waals surface area (Å²) in [5.41, 5.74) is 4.33. The van der Waals surface area contributed by atoms with Crippen LogP contribution in [-0.2, 0) is 13.2 Å². The van der Waals surface area contributed by atoms with Crippen LogP contribution in [0, 0.1) is 20.8 Å². The summed E-state index contributed by atoms with van der Waals surface area (Å²) in [6.45, 7) is 5.99. The molecule has 0 radical (unpaired) electrons. The highest BCUT2D eigenvalue weighted by Gasteiger charge is 2.39. The molecule has 0 bridgehead atoms. The molecular weight excluding hydrogens is 361 g/mol. The Kier molecular flexibility index (Phi) is 3.59. The summed E-state index contributed by atoms with van der Waals surface area (Å²) >= 11 is 1.22. The van der Waals surface area contributed by atoms with Gasteiger partial charge in [0, 0.05) is 0 Å². The van der Waals surface area contributed by atoms with E-state index >= 15 is 0 Å². The molecule has 0 amide bonds. The molecular formula is C18H16F3N4S+. The van der Waals surface area contributed by atoms with Crippen molar-refractivity contribution in [3.63, 3.8) is 0 Å². The van der Waals surface area contributed by atoms with Gasteiger partial charge >= 0.3 is 6.18 Å². The molecule has 0 N–H and O–H groups in total. The van der Waals surface area contributed by atoms with E-state index in [2.05, 4.69) is 16.3 Å². The van der Waals surface area contributed by atoms with E-state index < -0.39 is 11.7 Å². The SMILES string of the molecule is Cc1cc(C)c(C)c(-c2c3sc4nncn4c3c(C(F)(F)F)c[n+]2C)c1. The summed E-state index contributed by atoms with van der Waals surface area (Å²) < 4.78 is 44.6. The van der Waals surface area contributed by atoms with Crippen molar-refractivity contribution in [3.05, 3.63) is 46.9 Å². The number of aromatic nitrogens is 4. The number of pyridine rings is 1. The Morgan fingerprint density at radius 1 is 1.15 bits per heavy atom. The Labute approximate surface area is 151 Å². The van der Waals surface area contributed by atoms with Crippen LogP contribution >= 0.6 is 11.3 Å². The van der Waals surface area contributed by atoms with Crippen LogP contribution in [0.4, 0.5) is 13.2 Å². The first kappa shape index (κ1) is 17.0. The Bertz CT molecular complexity index is 1170. The number of thiazole rings is 1. The van der Waals surface area contributed by atoms with Crippen LogP contribution in [0.2, 0.25) is 0 Å². The van der Waals surface area contributed by atoms with Gasteiger partial charge in [-0.25, -0.2) is 0 Å². The lowest BCUT2D eigenvalue weighted by molar-refractivity contribution is -0.660. The molecule has 26 heavy (non-hydrogen) atoms. The number of hydrogen-bond donors (Lipinski definition) is 0. The fourth-order valence-electron chi connectivity index (χ4n) is 3.39. The summed E-state index contributed by atoms with van der Waals surface area (Å²) in [6.07, 6.45) is -1.98. The number of rotatable bonds is 1. The highest BCUT2D eigenvalue weighted by Crippen LogP contribution is 2.41. The molecule has 0 atom stereocenters. The van der Waals surface area contributed by atoms with Crippen LogP contribution < -0.4 is 4.57 Å². The lowest BCUT2D eigenvalue weighted by Crippen LogP contribution is -2.33. The maximum atomic E-state index is 13.7. The highest BCUT2D eigenvalue weighted by atomic mass is 32.1. The fraction of sp³-hybridized carbons (Fsp3) is 0.278. The smallest absolute Gasteiger partial charge is 0.271 e. The van der Waals surface area contributed by atoms with Crippen LogP contribution in [0.1, 0.15) is 22.3 Å². The van der Waals surface area contributed by atoms with E-state index in [9.17, 15) is 13.2 Å². The second kappa shape index (κ2) is 5.51. The molecule has 4 aromatic rings. The zero-order valence-electron chi connectivity index (χ0n) is 14.6. The Hall–Kier alpha value is -2.48. The van der Waals surface area contributed by atoms with Gasteiger partial charge < -0.3 is 0 Å². The predicted octanol–water partition coefficient (Wildman–Crippen LogP) is 4.38. The number of halogens is 3. The predicted molar refractivity (Wildman–Crippen MR) is 94.2 cm³/mol. The standard InChI is InChI=1S/C18H16F3N4S/c1-9-5-10(2)11(3)12(6-9)14-16-15(25-8-22-23-17(25)26-16)13(7-24(14)4)18(19,20)21/h5-8H,1-4H3/q+1. The van der Waals surface area contributed by atoms with Gasteiger partial charge in [0.1, 0.15) is 23.6 Å². The van der Waals surface area contributed by atoms with E-state index in [4.69, 9.17) is 0 Å². The second-order valence-corrected chi connectivity index (χ2v) is 7.50. The summed E-state index contributed by atoms with van der Waals surface area (Å²) in [5.74, 6) is 0. The molecule has 134 valence electrons. The number of aryl methyl sites for hydroxylation is 3. The number of benzene rings is 1. The fourth-order valence-corrected chi connectivity index (χ4v) is 4.56.